The lowest BCUT2D eigenvalue weighted by molar-refractivity contribution is -0.131. The number of fused-ring (bicyclic) bond motifs is 1. The SMILES string of the molecule is Cc1ccc2nc(NC(=O)[C@@H]3CC(=O)N(C(C)(C)C)C3)sc2c1. The summed E-state index contributed by atoms with van der Waals surface area (Å²) in [5.41, 5.74) is 1.80. The molecule has 23 heavy (non-hydrogen) atoms. The lowest BCUT2D eigenvalue weighted by Gasteiger charge is -2.31. The highest BCUT2D eigenvalue weighted by Gasteiger charge is 2.39. The molecule has 2 amide bonds. The molecular formula is C17H21N3O2S. The van der Waals surface area contributed by atoms with E-state index in [9.17, 15) is 9.59 Å². The number of carbonyl (C=O) groups is 2. The summed E-state index contributed by atoms with van der Waals surface area (Å²) in [5, 5.41) is 3.47. The first-order chi connectivity index (χ1) is 10.7. The third-order valence-electron chi connectivity index (χ3n) is 4.08. The first-order valence-corrected chi connectivity index (χ1v) is 8.54. The van der Waals surface area contributed by atoms with Gasteiger partial charge in [-0.1, -0.05) is 17.4 Å². The van der Waals surface area contributed by atoms with Crippen LogP contribution in [0.5, 0.6) is 0 Å². The van der Waals surface area contributed by atoms with E-state index >= 15 is 0 Å². The molecule has 1 fully saturated rings. The van der Waals surface area contributed by atoms with Crippen molar-refractivity contribution in [1.82, 2.24) is 9.88 Å². The molecule has 122 valence electrons. The van der Waals surface area contributed by atoms with Crippen LogP contribution in [0.3, 0.4) is 0 Å². The Bertz CT molecular complexity index is 776. The number of nitrogens with one attached hydrogen (secondary N) is 1. The lowest BCUT2D eigenvalue weighted by Crippen LogP contribution is -2.42. The van der Waals surface area contributed by atoms with Crippen LogP contribution in [0, 0.1) is 12.8 Å². The van der Waals surface area contributed by atoms with E-state index in [1.165, 1.54) is 16.9 Å². The number of thiazole rings is 1. The number of aromatic nitrogens is 1. The van der Waals surface area contributed by atoms with Crippen molar-refractivity contribution in [3.63, 3.8) is 0 Å². The Morgan fingerprint density at radius 2 is 2.13 bits per heavy atom. The fraction of sp³-hybridized carbons (Fsp3) is 0.471. The number of aryl methyl sites for hydroxylation is 1. The molecule has 6 heteroatoms. The molecule has 1 saturated heterocycles. The Labute approximate surface area is 139 Å². The van der Waals surface area contributed by atoms with Crippen molar-refractivity contribution < 1.29 is 9.59 Å². The molecule has 1 aromatic heterocycles. The van der Waals surface area contributed by atoms with Gasteiger partial charge in [-0.15, -0.1) is 0 Å². The smallest absolute Gasteiger partial charge is 0.231 e. The number of rotatable bonds is 2. The molecule has 0 radical (unpaired) electrons. The van der Waals surface area contributed by atoms with Gasteiger partial charge in [-0.25, -0.2) is 4.98 Å². The van der Waals surface area contributed by atoms with Crippen molar-refractivity contribution in [1.29, 1.82) is 0 Å². The van der Waals surface area contributed by atoms with Crippen molar-refractivity contribution in [2.45, 2.75) is 39.7 Å². The Balaban J connectivity index is 1.72. The fourth-order valence-corrected chi connectivity index (χ4v) is 3.79. The number of amides is 2. The number of benzene rings is 1. The highest BCUT2D eigenvalue weighted by molar-refractivity contribution is 7.22. The average Bonchev–Trinajstić information content (AvgIpc) is 3.00. The number of carbonyl (C=O) groups excluding carboxylic acids is 2. The lowest BCUT2D eigenvalue weighted by atomic mass is 10.1. The van der Waals surface area contributed by atoms with Crippen molar-refractivity contribution in [3.8, 4) is 0 Å². The minimum atomic E-state index is -0.310. The number of hydrogen-bond acceptors (Lipinski definition) is 4. The van der Waals surface area contributed by atoms with Crippen LogP contribution in [0.1, 0.15) is 32.8 Å². The zero-order chi connectivity index (χ0) is 16.8. The molecule has 1 N–H and O–H groups in total. The Morgan fingerprint density at radius 3 is 2.78 bits per heavy atom. The summed E-state index contributed by atoms with van der Waals surface area (Å²) in [6, 6.07) is 6.02. The molecule has 1 aromatic carbocycles. The van der Waals surface area contributed by atoms with Gasteiger partial charge in [0.25, 0.3) is 0 Å². The third kappa shape index (κ3) is 3.22. The van der Waals surface area contributed by atoms with Crippen LogP contribution in [0.2, 0.25) is 0 Å². The summed E-state index contributed by atoms with van der Waals surface area (Å²) in [5.74, 6) is -0.395. The van der Waals surface area contributed by atoms with Crippen LogP contribution >= 0.6 is 11.3 Å². The van der Waals surface area contributed by atoms with Gasteiger partial charge in [0, 0.05) is 18.5 Å². The molecule has 0 spiro atoms. The zero-order valence-electron chi connectivity index (χ0n) is 13.8. The number of nitrogens with zero attached hydrogens (tertiary/aromatic N) is 2. The van der Waals surface area contributed by atoms with E-state index in [0.29, 0.717) is 11.7 Å². The van der Waals surface area contributed by atoms with Gasteiger partial charge in [0.15, 0.2) is 5.13 Å². The standard InChI is InChI=1S/C17H21N3O2S/c1-10-5-6-12-13(7-10)23-16(18-12)19-15(22)11-8-14(21)20(9-11)17(2,3)4/h5-7,11H,8-9H2,1-4H3,(H,18,19,22)/t11-/m1/s1. The zero-order valence-corrected chi connectivity index (χ0v) is 14.7. The van der Waals surface area contributed by atoms with Crippen molar-refractivity contribution in [2.75, 3.05) is 11.9 Å². The van der Waals surface area contributed by atoms with Gasteiger partial charge in [-0.2, -0.15) is 0 Å². The van der Waals surface area contributed by atoms with Crippen LogP contribution in [-0.4, -0.2) is 33.8 Å². The van der Waals surface area contributed by atoms with E-state index in [1.807, 2.05) is 39.8 Å². The predicted molar refractivity (Wildman–Crippen MR) is 92.6 cm³/mol. The minimum Gasteiger partial charge on any atom is -0.337 e. The highest BCUT2D eigenvalue weighted by Crippen LogP contribution is 2.29. The Kier molecular flexibility index (Phi) is 3.88. The number of anilines is 1. The maximum atomic E-state index is 12.5. The van der Waals surface area contributed by atoms with E-state index in [0.717, 1.165) is 10.2 Å². The molecule has 5 nitrogen and oxygen atoms in total. The van der Waals surface area contributed by atoms with E-state index in [1.54, 1.807) is 4.90 Å². The normalized spacial score (nSPS) is 18.7. The van der Waals surface area contributed by atoms with Crippen LogP contribution in [-0.2, 0) is 9.59 Å². The molecular weight excluding hydrogens is 310 g/mol. The van der Waals surface area contributed by atoms with Crippen molar-refractivity contribution in [3.05, 3.63) is 23.8 Å². The first kappa shape index (κ1) is 15.9. The summed E-state index contributed by atoms with van der Waals surface area (Å²) < 4.78 is 1.05. The van der Waals surface area contributed by atoms with E-state index in [-0.39, 0.29) is 29.7 Å². The van der Waals surface area contributed by atoms with Gasteiger partial charge in [-0.3, -0.25) is 9.59 Å². The summed E-state index contributed by atoms with van der Waals surface area (Å²) in [6.45, 7) is 8.46. The molecule has 1 atom stereocenters. The minimum absolute atomic E-state index is 0.0394. The second kappa shape index (κ2) is 5.60. The largest absolute Gasteiger partial charge is 0.337 e. The van der Waals surface area contributed by atoms with Gasteiger partial charge >= 0.3 is 0 Å². The first-order valence-electron chi connectivity index (χ1n) is 7.72. The average molecular weight is 331 g/mol. The van der Waals surface area contributed by atoms with Gasteiger partial charge < -0.3 is 10.2 Å². The predicted octanol–water partition coefficient (Wildman–Crippen LogP) is 3.19. The maximum absolute atomic E-state index is 12.5. The third-order valence-corrected chi connectivity index (χ3v) is 5.01. The molecule has 1 aliphatic rings. The summed E-state index contributed by atoms with van der Waals surface area (Å²) in [6.07, 6.45) is 0.271. The van der Waals surface area contributed by atoms with E-state index < -0.39 is 0 Å². The molecule has 0 saturated carbocycles. The highest BCUT2D eigenvalue weighted by atomic mass is 32.1. The van der Waals surface area contributed by atoms with E-state index in [2.05, 4.69) is 16.4 Å². The van der Waals surface area contributed by atoms with Crippen molar-refractivity contribution in [2.24, 2.45) is 5.92 Å². The second-order valence-electron chi connectivity index (χ2n) is 7.06. The molecule has 0 aliphatic carbocycles. The van der Waals surface area contributed by atoms with Gasteiger partial charge in [0.1, 0.15) is 0 Å². The number of likely N-dealkylation sites (tertiary alicyclic amines) is 1. The fourth-order valence-electron chi connectivity index (χ4n) is 2.82. The van der Waals surface area contributed by atoms with Crippen LogP contribution in [0.4, 0.5) is 5.13 Å². The molecule has 1 aliphatic heterocycles. The molecule has 3 rings (SSSR count). The van der Waals surface area contributed by atoms with Gasteiger partial charge in [0.2, 0.25) is 11.8 Å². The molecule has 2 heterocycles. The van der Waals surface area contributed by atoms with E-state index in [4.69, 9.17) is 0 Å². The monoisotopic (exact) mass is 331 g/mol. The van der Waals surface area contributed by atoms with Gasteiger partial charge in [0.05, 0.1) is 16.1 Å². The second-order valence-corrected chi connectivity index (χ2v) is 8.09. The maximum Gasteiger partial charge on any atom is 0.231 e. The number of hydrogen-bond donors (Lipinski definition) is 1. The van der Waals surface area contributed by atoms with Crippen molar-refractivity contribution >= 4 is 38.5 Å². The van der Waals surface area contributed by atoms with Crippen LogP contribution in [0.25, 0.3) is 10.2 Å². The van der Waals surface area contributed by atoms with Crippen LogP contribution < -0.4 is 5.32 Å². The summed E-state index contributed by atoms with van der Waals surface area (Å²) in [4.78, 5) is 30.8. The molecule has 0 unspecified atom stereocenters. The summed E-state index contributed by atoms with van der Waals surface area (Å²) >= 11 is 1.46. The molecule has 2 aromatic rings. The topological polar surface area (TPSA) is 62.3 Å². The van der Waals surface area contributed by atoms with Gasteiger partial charge in [-0.05, 0) is 45.4 Å². The Morgan fingerprint density at radius 1 is 1.39 bits per heavy atom. The van der Waals surface area contributed by atoms with Crippen LogP contribution in [0.15, 0.2) is 18.2 Å². The summed E-state index contributed by atoms with van der Waals surface area (Å²) in [7, 11) is 0. The quantitative estimate of drug-likeness (QED) is 0.919. The molecule has 0 bridgehead atoms. The Hall–Kier alpha value is -1.95.